The summed E-state index contributed by atoms with van der Waals surface area (Å²) in [5.41, 5.74) is 2.61. The number of hydrogen-bond acceptors (Lipinski definition) is 2. The van der Waals surface area contributed by atoms with Gasteiger partial charge in [-0.2, -0.15) is 0 Å². The molecule has 0 unspecified atom stereocenters. The van der Waals surface area contributed by atoms with Crippen LogP contribution < -0.4 is 0 Å². The monoisotopic (exact) mass is 221 g/mol. The van der Waals surface area contributed by atoms with Crippen LogP contribution in [-0.2, 0) is 0 Å². The van der Waals surface area contributed by atoms with Gasteiger partial charge in [0.2, 0.25) is 0 Å². The van der Waals surface area contributed by atoms with E-state index in [4.69, 9.17) is 5.21 Å². The third-order valence-electron chi connectivity index (χ3n) is 2.27. The summed E-state index contributed by atoms with van der Waals surface area (Å²) >= 11 is 0. The molecule has 2 aromatic carbocycles. The van der Waals surface area contributed by atoms with E-state index in [1.165, 1.54) is 6.21 Å². The van der Waals surface area contributed by atoms with E-state index in [0.29, 0.717) is 0 Å². The molecule has 0 aliphatic carbocycles. The lowest BCUT2D eigenvalue weighted by Gasteiger charge is -1.95. The highest BCUT2D eigenvalue weighted by atomic mass is 16.4. The van der Waals surface area contributed by atoms with Crippen molar-refractivity contribution in [2.45, 2.75) is 0 Å². The molecule has 0 heterocycles. The van der Waals surface area contributed by atoms with Crippen LogP contribution >= 0.6 is 0 Å². The van der Waals surface area contributed by atoms with Crippen LogP contribution in [0, 0.1) is 11.8 Å². The molecule has 0 bridgehead atoms. The van der Waals surface area contributed by atoms with E-state index in [9.17, 15) is 0 Å². The number of hydrogen-bond donors (Lipinski definition) is 1. The molecule has 0 radical (unpaired) electrons. The summed E-state index contributed by atoms with van der Waals surface area (Å²) in [6, 6.07) is 17.3. The molecule has 2 heteroatoms. The predicted molar refractivity (Wildman–Crippen MR) is 68.2 cm³/mol. The van der Waals surface area contributed by atoms with Gasteiger partial charge in [-0.3, -0.25) is 0 Å². The molecule has 0 saturated carbocycles. The van der Waals surface area contributed by atoms with Crippen molar-refractivity contribution in [2.24, 2.45) is 5.16 Å². The molecule has 2 rings (SSSR count). The van der Waals surface area contributed by atoms with Crippen LogP contribution in [0.15, 0.2) is 59.8 Å². The summed E-state index contributed by atoms with van der Waals surface area (Å²) in [5, 5.41) is 11.6. The van der Waals surface area contributed by atoms with Gasteiger partial charge in [0.15, 0.2) is 0 Å². The van der Waals surface area contributed by atoms with Crippen molar-refractivity contribution >= 4 is 6.21 Å². The fourth-order valence-corrected chi connectivity index (χ4v) is 1.45. The Bertz CT molecular complexity index is 577. The molecule has 0 spiro atoms. The van der Waals surface area contributed by atoms with E-state index >= 15 is 0 Å². The molecular formula is C15H11NO. The van der Waals surface area contributed by atoms with E-state index in [2.05, 4.69) is 17.0 Å². The SMILES string of the molecule is O/N=C/c1ccccc1C#Cc1ccccc1. The lowest BCUT2D eigenvalue weighted by atomic mass is 10.1. The molecule has 0 aliphatic heterocycles. The highest BCUT2D eigenvalue weighted by Crippen LogP contribution is 2.05. The first kappa shape index (κ1) is 11.0. The Labute approximate surface area is 100 Å². The maximum absolute atomic E-state index is 8.55. The van der Waals surface area contributed by atoms with Crippen molar-refractivity contribution in [3.8, 4) is 11.8 Å². The molecule has 0 amide bonds. The normalized spacial score (nSPS) is 9.88. The number of nitrogens with zero attached hydrogens (tertiary/aromatic N) is 1. The number of oxime groups is 1. The zero-order valence-electron chi connectivity index (χ0n) is 9.17. The van der Waals surface area contributed by atoms with Gasteiger partial charge in [0.05, 0.1) is 6.21 Å². The average molecular weight is 221 g/mol. The van der Waals surface area contributed by atoms with Crippen molar-refractivity contribution in [2.75, 3.05) is 0 Å². The lowest BCUT2D eigenvalue weighted by molar-refractivity contribution is 0.322. The first-order valence-corrected chi connectivity index (χ1v) is 5.23. The van der Waals surface area contributed by atoms with E-state index in [-0.39, 0.29) is 0 Å². The zero-order chi connectivity index (χ0) is 11.9. The van der Waals surface area contributed by atoms with Gasteiger partial charge in [0, 0.05) is 16.7 Å². The van der Waals surface area contributed by atoms with Crippen LogP contribution in [0.2, 0.25) is 0 Å². The van der Waals surface area contributed by atoms with Crippen LogP contribution in [0.1, 0.15) is 16.7 Å². The fourth-order valence-electron chi connectivity index (χ4n) is 1.45. The third-order valence-corrected chi connectivity index (χ3v) is 2.27. The largest absolute Gasteiger partial charge is 0.411 e. The van der Waals surface area contributed by atoms with Gasteiger partial charge in [-0.05, 0) is 18.2 Å². The minimum atomic E-state index is 0.804. The topological polar surface area (TPSA) is 32.6 Å². The molecule has 0 fully saturated rings. The predicted octanol–water partition coefficient (Wildman–Crippen LogP) is 2.89. The van der Waals surface area contributed by atoms with E-state index < -0.39 is 0 Å². The molecule has 82 valence electrons. The van der Waals surface area contributed by atoms with Crippen LogP contribution in [0.4, 0.5) is 0 Å². The lowest BCUT2D eigenvalue weighted by Crippen LogP contribution is -1.87. The van der Waals surface area contributed by atoms with Crippen LogP contribution in [-0.4, -0.2) is 11.4 Å². The molecular weight excluding hydrogens is 210 g/mol. The van der Waals surface area contributed by atoms with Crippen molar-refractivity contribution in [1.29, 1.82) is 0 Å². The van der Waals surface area contributed by atoms with Crippen molar-refractivity contribution < 1.29 is 5.21 Å². The second-order valence-electron chi connectivity index (χ2n) is 3.45. The molecule has 0 atom stereocenters. The molecule has 0 aliphatic rings. The Kier molecular flexibility index (Phi) is 3.57. The van der Waals surface area contributed by atoms with Crippen LogP contribution in [0.3, 0.4) is 0 Å². The van der Waals surface area contributed by atoms with Gasteiger partial charge in [-0.15, -0.1) is 0 Å². The summed E-state index contributed by atoms with van der Waals surface area (Å²) in [7, 11) is 0. The molecule has 0 aromatic heterocycles. The van der Waals surface area contributed by atoms with Gasteiger partial charge in [0.25, 0.3) is 0 Å². The van der Waals surface area contributed by atoms with Gasteiger partial charge >= 0.3 is 0 Å². The average Bonchev–Trinajstić information content (AvgIpc) is 2.39. The van der Waals surface area contributed by atoms with Gasteiger partial charge in [-0.1, -0.05) is 53.4 Å². The summed E-state index contributed by atoms with van der Waals surface area (Å²) in [5.74, 6) is 6.13. The fraction of sp³-hybridized carbons (Fsp3) is 0. The van der Waals surface area contributed by atoms with E-state index in [0.717, 1.165) is 16.7 Å². The van der Waals surface area contributed by atoms with Crippen molar-refractivity contribution in [1.82, 2.24) is 0 Å². The highest BCUT2D eigenvalue weighted by Gasteiger charge is 1.94. The first-order valence-electron chi connectivity index (χ1n) is 5.23. The summed E-state index contributed by atoms with van der Waals surface area (Å²) in [4.78, 5) is 0. The number of rotatable bonds is 1. The molecule has 1 N–H and O–H groups in total. The minimum Gasteiger partial charge on any atom is -0.411 e. The molecule has 2 nitrogen and oxygen atoms in total. The maximum Gasteiger partial charge on any atom is 0.0746 e. The summed E-state index contributed by atoms with van der Waals surface area (Å²) < 4.78 is 0. The van der Waals surface area contributed by atoms with E-state index in [1.807, 2.05) is 54.6 Å². The standard InChI is InChI=1S/C15H11NO/c17-16-12-15-9-5-4-8-14(15)11-10-13-6-2-1-3-7-13/h1-9,12,17H/b16-12+. The second-order valence-corrected chi connectivity index (χ2v) is 3.45. The van der Waals surface area contributed by atoms with Crippen LogP contribution in [0.5, 0.6) is 0 Å². The molecule has 2 aromatic rings. The Morgan fingerprint density at radius 3 is 2.35 bits per heavy atom. The third kappa shape index (κ3) is 2.96. The Balaban J connectivity index is 2.34. The minimum absolute atomic E-state index is 0.804. The van der Waals surface area contributed by atoms with Crippen molar-refractivity contribution in [3.05, 3.63) is 71.3 Å². The highest BCUT2D eigenvalue weighted by molar-refractivity contribution is 5.83. The Morgan fingerprint density at radius 2 is 1.59 bits per heavy atom. The Hall–Kier alpha value is -2.53. The second kappa shape index (κ2) is 5.53. The Morgan fingerprint density at radius 1 is 0.882 bits per heavy atom. The first-order chi connectivity index (χ1) is 8.40. The van der Waals surface area contributed by atoms with Gasteiger partial charge < -0.3 is 5.21 Å². The van der Waals surface area contributed by atoms with Gasteiger partial charge in [0.1, 0.15) is 0 Å². The van der Waals surface area contributed by atoms with Crippen molar-refractivity contribution in [3.63, 3.8) is 0 Å². The van der Waals surface area contributed by atoms with Gasteiger partial charge in [-0.25, -0.2) is 0 Å². The van der Waals surface area contributed by atoms with E-state index in [1.54, 1.807) is 0 Å². The van der Waals surface area contributed by atoms with Crippen LogP contribution in [0.25, 0.3) is 0 Å². The zero-order valence-corrected chi connectivity index (χ0v) is 9.17. The summed E-state index contributed by atoms with van der Waals surface area (Å²) in [6.07, 6.45) is 1.38. The smallest absolute Gasteiger partial charge is 0.0746 e. The number of benzene rings is 2. The quantitative estimate of drug-likeness (QED) is 0.341. The molecule has 0 saturated heterocycles. The molecule has 17 heavy (non-hydrogen) atoms. The maximum atomic E-state index is 8.55. The summed E-state index contributed by atoms with van der Waals surface area (Å²) in [6.45, 7) is 0.